The quantitative estimate of drug-likeness (QED) is 0.667. The van der Waals surface area contributed by atoms with E-state index in [4.69, 9.17) is 16.3 Å². The van der Waals surface area contributed by atoms with Crippen molar-refractivity contribution in [2.75, 3.05) is 20.2 Å². The molecule has 0 aromatic heterocycles. The maximum absolute atomic E-state index is 12.5. The van der Waals surface area contributed by atoms with Gasteiger partial charge < -0.3 is 9.64 Å². The molecular weight excluding hydrogens is 400 g/mol. The molecule has 0 aliphatic rings. The van der Waals surface area contributed by atoms with E-state index in [2.05, 4.69) is 4.72 Å². The second kappa shape index (κ2) is 9.91. The SMILES string of the molecule is CCC(C)NS(=O)(=O)c1ccc(C(=O)N(C)CCOc2cccc(Cl)c2)cc1. The van der Waals surface area contributed by atoms with E-state index in [0.29, 0.717) is 35.9 Å². The van der Waals surface area contributed by atoms with Gasteiger partial charge in [0.15, 0.2) is 0 Å². The summed E-state index contributed by atoms with van der Waals surface area (Å²) in [5, 5.41) is 0.583. The van der Waals surface area contributed by atoms with Gasteiger partial charge in [0, 0.05) is 23.7 Å². The van der Waals surface area contributed by atoms with Gasteiger partial charge in [0.2, 0.25) is 10.0 Å². The number of nitrogens with zero attached hydrogens (tertiary/aromatic N) is 1. The van der Waals surface area contributed by atoms with Crippen molar-refractivity contribution in [1.82, 2.24) is 9.62 Å². The van der Waals surface area contributed by atoms with Crippen molar-refractivity contribution in [2.24, 2.45) is 0 Å². The van der Waals surface area contributed by atoms with Gasteiger partial charge in [0.25, 0.3) is 5.91 Å². The highest BCUT2D eigenvalue weighted by Crippen LogP contribution is 2.17. The number of likely N-dealkylation sites (N-methyl/N-ethyl adjacent to an activating group) is 1. The summed E-state index contributed by atoms with van der Waals surface area (Å²) in [4.78, 5) is 14.2. The lowest BCUT2D eigenvalue weighted by Gasteiger charge is -2.18. The number of amides is 1. The van der Waals surface area contributed by atoms with E-state index in [1.165, 1.54) is 29.2 Å². The van der Waals surface area contributed by atoms with Crippen molar-refractivity contribution < 1.29 is 17.9 Å². The number of hydrogen-bond donors (Lipinski definition) is 1. The molecule has 1 atom stereocenters. The highest BCUT2D eigenvalue weighted by molar-refractivity contribution is 7.89. The molecule has 152 valence electrons. The van der Waals surface area contributed by atoms with E-state index >= 15 is 0 Å². The van der Waals surface area contributed by atoms with Crippen LogP contribution in [0.2, 0.25) is 5.02 Å². The molecule has 0 heterocycles. The topological polar surface area (TPSA) is 75.7 Å². The number of rotatable bonds is 9. The molecule has 0 fully saturated rings. The Labute approximate surface area is 171 Å². The number of carbonyl (C=O) groups is 1. The maximum atomic E-state index is 12.5. The number of halogens is 1. The third-order valence-electron chi connectivity index (χ3n) is 4.22. The predicted molar refractivity (Wildman–Crippen MR) is 110 cm³/mol. The van der Waals surface area contributed by atoms with Gasteiger partial charge in [0.05, 0.1) is 11.4 Å². The normalized spacial score (nSPS) is 12.4. The summed E-state index contributed by atoms with van der Waals surface area (Å²) in [5.74, 6) is 0.422. The first-order valence-electron chi connectivity index (χ1n) is 8.99. The summed E-state index contributed by atoms with van der Waals surface area (Å²) in [6.07, 6.45) is 0.692. The predicted octanol–water partition coefficient (Wildman–Crippen LogP) is 3.57. The molecule has 0 aliphatic carbocycles. The minimum Gasteiger partial charge on any atom is -0.492 e. The standard InChI is InChI=1S/C20H25ClN2O4S/c1-4-15(2)22-28(25,26)19-10-8-16(9-11-19)20(24)23(3)12-13-27-18-7-5-6-17(21)14-18/h5-11,14-15,22H,4,12-13H2,1-3H3. The number of benzene rings is 2. The molecular formula is C20H25ClN2O4S. The number of sulfonamides is 1. The van der Waals surface area contributed by atoms with Crippen molar-refractivity contribution >= 4 is 27.5 Å². The molecule has 0 bridgehead atoms. The van der Waals surface area contributed by atoms with Gasteiger partial charge in [-0.15, -0.1) is 0 Å². The Morgan fingerprint density at radius 1 is 1.21 bits per heavy atom. The smallest absolute Gasteiger partial charge is 0.253 e. The van der Waals surface area contributed by atoms with Gasteiger partial charge >= 0.3 is 0 Å². The zero-order valence-corrected chi connectivity index (χ0v) is 17.8. The first-order chi connectivity index (χ1) is 13.2. The van der Waals surface area contributed by atoms with Crippen LogP contribution in [0.1, 0.15) is 30.6 Å². The van der Waals surface area contributed by atoms with Crippen molar-refractivity contribution in [3.8, 4) is 5.75 Å². The highest BCUT2D eigenvalue weighted by Gasteiger charge is 2.18. The molecule has 0 aliphatic heterocycles. The average molecular weight is 425 g/mol. The Bertz CT molecular complexity index is 901. The zero-order valence-electron chi connectivity index (χ0n) is 16.2. The Hall–Kier alpha value is -2.09. The second-order valence-corrected chi connectivity index (χ2v) is 8.64. The van der Waals surface area contributed by atoms with Gasteiger partial charge in [0.1, 0.15) is 12.4 Å². The lowest BCUT2D eigenvalue weighted by atomic mass is 10.2. The molecule has 8 heteroatoms. The average Bonchev–Trinajstić information content (AvgIpc) is 2.67. The van der Waals surface area contributed by atoms with Crippen LogP contribution in [0.3, 0.4) is 0 Å². The third-order valence-corrected chi connectivity index (χ3v) is 6.06. The maximum Gasteiger partial charge on any atom is 0.253 e. The summed E-state index contributed by atoms with van der Waals surface area (Å²) in [5.41, 5.74) is 0.410. The van der Waals surface area contributed by atoms with E-state index in [1.54, 1.807) is 38.2 Å². The first kappa shape index (κ1) is 22.2. The minimum absolute atomic E-state index is 0.135. The monoisotopic (exact) mass is 424 g/mol. The molecule has 28 heavy (non-hydrogen) atoms. The van der Waals surface area contributed by atoms with Gasteiger partial charge in [-0.3, -0.25) is 4.79 Å². The minimum atomic E-state index is -3.59. The molecule has 1 N–H and O–H groups in total. The Kier molecular flexibility index (Phi) is 7.86. The van der Waals surface area contributed by atoms with Crippen molar-refractivity contribution in [2.45, 2.75) is 31.2 Å². The molecule has 2 rings (SSSR count). The number of carbonyl (C=O) groups excluding carboxylic acids is 1. The highest BCUT2D eigenvalue weighted by atomic mass is 35.5. The van der Waals surface area contributed by atoms with Gasteiger partial charge in [-0.1, -0.05) is 24.6 Å². The summed E-state index contributed by atoms with van der Waals surface area (Å²) in [6, 6.07) is 12.8. The van der Waals surface area contributed by atoms with Crippen LogP contribution >= 0.6 is 11.6 Å². The second-order valence-electron chi connectivity index (χ2n) is 6.49. The van der Waals surface area contributed by atoms with Crippen LogP contribution in [0.4, 0.5) is 0 Å². The van der Waals surface area contributed by atoms with Crippen molar-refractivity contribution in [1.29, 1.82) is 0 Å². The van der Waals surface area contributed by atoms with Crippen LogP contribution in [-0.4, -0.2) is 45.5 Å². The summed E-state index contributed by atoms with van der Waals surface area (Å²) < 4.78 is 32.7. The van der Waals surface area contributed by atoms with E-state index in [0.717, 1.165) is 0 Å². The Morgan fingerprint density at radius 3 is 2.50 bits per heavy atom. The third kappa shape index (κ3) is 6.22. The number of hydrogen-bond acceptors (Lipinski definition) is 4. The molecule has 0 saturated carbocycles. The van der Waals surface area contributed by atoms with Crippen LogP contribution in [0.25, 0.3) is 0 Å². The van der Waals surface area contributed by atoms with Crippen molar-refractivity contribution in [3.05, 3.63) is 59.1 Å². The van der Waals surface area contributed by atoms with Crippen LogP contribution in [0.15, 0.2) is 53.4 Å². The largest absolute Gasteiger partial charge is 0.492 e. The molecule has 0 saturated heterocycles. The number of nitrogens with one attached hydrogen (secondary N) is 1. The lowest BCUT2D eigenvalue weighted by Crippen LogP contribution is -2.32. The van der Waals surface area contributed by atoms with E-state index < -0.39 is 10.0 Å². The van der Waals surface area contributed by atoms with Crippen LogP contribution < -0.4 is 9.46 Å². The fourth-order valence-corrected chi connectivity index (χ4v) is 3.88. The van der Waals surface area contributed by atoms with Crippen LogP contribution in [0.5, 0.6) is 5.75 Å². The lowest BCUT2D eigenvalue weighted by molar-refractivity contribution is 0.0773. The summed E-state index contributed by atoms with van der Waals surface area (Å²) in [6.45, 7) is 4.39. The van der Waals surface area contributed by atoms with Crippen LogP contribution in [-0.2, 0) is 10.0 Å². The van der Waals surface area contributed by atoms with E-state index in [9.17, 15) is 13.2 Å². The summed E-state index contributed by atoms with van der Waals surface area (Å²) in [7, 11) is -1.92. The molecule has 2 aromatic carbocycles. The molecule has 0 spiro atoms. The molecule has 1 amide bonds. The molecule has 0 radical (unpaired) electrons. The van der Waals surface area contributed by atoms with E-state index in [1.807, 2.05) is 6.92 Å². The molecule has 6 nitrogen and oxygen atoms in total. The van der Waals surface area contributed by atoms with Crippen molar-refractivity contribution in [3.63, 3.8) is 0 Å². The fraction of sp³-hybridized carbons (Fsp3) is 0.350. The molecule has 1 unspecified atom stereocenters. The summed E-state index contributed by atoms with van der Waals surface area (Å²) >= 11 is 5.91. The Balaban J connectivity index is 1.94. The van der Waals surface area contributed by atoms with Crippen LogP contribution in [0, 0.1) is 0 Å². The Morgan fingerprint density at radius 2 is 1.89 bits per heavy atom. The number of ether oxygens (including phenoxy) is 1. The molecule has 2 aromatic rings. The van der Waals surface area contributed by atoms with Gasteiger partial charge in [-0.2, -0.15) is 0 Å². The first-order valence-corrected chi connectivity index (χ1v) is 10.8. The van der Waals surface area contributed by atoms with Gasteiger partial charge in [-0.05, 0) is 55.8 Å². The van der Waals surface area contributed by atoms with Gasteiger partial charge in [-0.25, -0.2) is 13.1 Å². The zero-order chi connectivity index (χ0) is 20.7. The van der Waals surface area contributed by atoms with E-state index in [-0.39, 0.29) is 16.8 Å². The fourth-order valence-electron chi connectivity index (χ4n) is 2.37.